The molecule has 0 aliphatic heterocycles. The number of hydrogen-bond acceptors (Lipinski definition) is 5. The van der Waals surface area contributed by atoms with Gasteiger partial charge in [0.25, 0.3) is 5.91 Å². The molecule has 0 saturated carbocycles. The molecule has 0 fully saturated rings. The molecule has 0 aliphatic rings. The van der Waals surface area contributed by atoms with Gasteiger partial charge in [0.15, 0.2) is 0 Å². The van der Waals surface area contributed by atoms with Crippen LogP contribution in [0.15, 0.2) is 4.90 Å². The zero-order chi connectivity index (χ0) is 13.9. The first-order valence-electron chi connectivity index (χ1n) is 5.80. The van der Waals surface area contributed by atoms with Gasteiger partial charge in [-0.15, -0.1) is 23.1 Å². The molecule has 0 bridgehead atoms. The second-order valence-corrected chi connectivity index (χ2v) is 6.52. The first-order chi connectivity index (χ1) is 8.38. The highest BCUT2D eigenvalue weighted by Gasteiger charge is 2.21. The van der Waals surface area contributed by atoms with Crippen LogP contribution in [-0.2, 0) is 0 Å². The summed E-state index contributed by atoms with van der Waals surface area (Å²) in [6.45, 7) is 5.17. The maximum Gasteiger partial charge on any atom is 0.265 e. The third kappa shape index (κ3) is 3.32. The summed E-state index contributed by atoms with van der Waals surface area (Å²) in [7, 11) is 3.48. The van der Waals surface area contributed by atoms with E-state index in [9.17, 15) is 4.79 Å². The molecule has 6 heteroatoms. The number of amides is 1. The summed E-state index contributed by atoms with van der Waals surface area (Å²) in [6.07, 6.45) is 1.98. The number of rotatable bonds is 5. The number of nitrogens with two attached hydrogens (primary N) is 1. The topological polar surface area (TPSA) is 58.4 Å². The molecular formula is C12H21N3OS2. The third-order valence-electron chi connectivity index (χ3n) is 2.38. The molecule has 0 saturated heterocycles. The Hall–Kier alpha value is -0.880. The molecule has 0 spiro atoms. The van der Waals surface area contributed by atoms with Crippen molar-refractivity contribution < 1.29 is 4.79 Å². The molecule has 102 valence electrons. The summed E-state index contributed by atoms with van der Waals surface area (Å²) >= 11 is 3.02. The second-order valence-electron chi connectivity index (χ2n) is 4.68. The predicted octanol–water partition coefficient (Wildman–Crippen LogP) is 2.82. The van der Waals surface area contributed by atoms with E-state index >= 15 is 0 Å². The van der Waals surface area contributed by atoms with E-state index in [2.05, 4.69) is 19.2 Å². The highest BCUT2D eigenvalue weighted by Crippen LogP contribution is 2.42. The Labute approximate surface area is 117 Å². The number of thiophene rings is 1. The van der Waals surface area contributed by atoms with Crippen LogP contribution < -0.4 is 11.1 Å². The Morgan fingerprint density at radius 3 is 2.56 bits per heavy atom. The van der Waals surface area contributed by atoms with Crippen molar-refractivity contribution in [3.05, 3.63) is 4.88 Å². The molecule has 0 aliphatic carbocycles. The fourth-order valence-corrected chi connectivity index (χ4v) is 3.47. The van der Waals surface area contributed by atoms with Gasteiger partial charge in [-0.1, -0.05) is 13.8 Å². The SMILES string of the molecule is CSc1c(NCC(C)C)sc(C(=O)N(C)C)c1N. The third-order valence-corrected chi connectivity index (χ3v) is 4.49. The molecule has 0 aromatic carbocycles. The number of thioether (sulfide) groups is 1. The van der Waals surface area contributed by atoms with Gasteiger partial charge in [-0.3, -0.25) is 4.79 Å². The summed E-state index contributed by atoms with van der Waals surface area (Å²) in [5.41, 5.74) is 6.66. The van der Waals surface area contributed by atoms with E-state index in [1.807, 2.05) is 6.26 Å². The van der Waals surface area contributed by atoms with Gasteiger partial charge < -0.3 is 16.0 Å². The van der Waals surface area contributed by atoms with E-state index in [1.165, 1.54) is 11.3 Å². The fraction of sp³-hybridized carbons (Fsp3) is 0.583. The zero-order valence-electron chi connectivity index (χ0n) is 11.5. The number of carbonyl (C=O) groups excluding carboxylic acids is 1. The van der Waals surface area contributed by atoms with Crippen LogP contribution in [0, 0.1) is 5.92 Å². The Morgan fingerprint density at radius 1 is 1.50 bits per heavy atom. The number of carbonyl (C=O) groups is 1. The molecule has 0 atom stereocenters. The van der Waals surface area contributed by atoms with E-state index in [4.69, 9.17) is 5.73 Å². The van der Waals surface area contributed by atoms with Crippen LogP contribution in [0.5, 0.6) is 0 Å². The molecule has 3 N–H and O–H groups in total. The number of anilines is 2. The number of nitrogens with zero attached hydrogens (tertiary/aromatic N) is 1. The van der Waals surface area contributed by atoms with Gasteiger partial charge >= 0.3 is 0 Å². The van der Waals surface area contributed by atoms with Crippen LogP contribution in [0.2, 0.25) is 0 Å². The van der Waals surface area contributed by atoms with Crippen LogP contribution in [0.3, 0.4) is 0 Å². The highest BCUT2D eigenvalue weighted by molar-refractivity contribution is 7.99. The lowest BCUT2D eigenvalue weighted by Crippen LogP contribution is -2.21. The Morgan fingerprint density at radius 2 is 2.11 bits per heavy atom. The van der Waals surface area contributed by atoms with Crippen LogP contribution in [-0.4, -0.2) is 37.7 Å². The summed E-state index contributed by atoms with van der Waals surface area (Å²) in [5, 5.41) is 4.36. The molecule has 0 radical (unpaired) electrons. The summed E-state index contributed by atoms with van der Waals surface area (Å²) in [6, 6.07) is 0. The predicted molar refractivity (Wildman–Crippen MR) is 81.9 cm³/mol. The lowest BCUT2D eigenvalue weighted by atomic mass is 10.2. The standard InChI is InChI=1S/C12H21N3OS2/c1-7(2)6-14-11-9(17-5)8(13)10(18-11)12(16)15(3)4/h7,14H,6,13H2,1-5H3. The highest BCUT2D eigenvalue weighted by atomic mass is 32.2. The van der Waals surface area contributed by atoms with Crippen molar-refractivity contribution in [1.82, 2.24) is 4.90 Å². The van der Waals surface area contributed by atoms with Crippen molar-refractivity contribution in [2.75, 3.05) is 37.9 Å². The van der Waals surface area contributed by atoms with Gasteiger partial charge in [-0.05, 0) is 12.2 Å². The Kier molecular flexibility index (Phi) is 5.34. The average Bonchev–Trinajstić information content (AvgIpc) is 2.61. The van der Waals surface area contributed by atoms with Crippen molar-refractivity contribution in [3.8, 4) is 0 Å². The minimum Gasteiger partial charge on any atom is -0.396 e. The van der Waals surface area contributed by atoms with Crippen LogP contribution in [0.1, 0.15) is 23.5 Å². The molecule has 1 amide bonds. The molecule has 0 unspecified atom stereocenters. The van der Waals surface area contributed by atoms with Crippen molar-refractivity contribution in [2.24, 2.45) is 5.92 Å². The van der Waals surface area contributed by atoms with E-state index in [1.54, 1.807) is 30.8 Å². The van der Waals surface area contributed by atoms with Crippen molar-refractivity contribution >= 4 is 39.7 Å². The number of hydrogen-bond donors (Lipinski definition) is 2. The maximum absolute atomic E-state index is 12.0. The van der Waals surface area contributed by atoms with E-state index in [-0.39, 0.29) is 5.91 Å². The molecule has 4 nitrogen and oxygen atoms in total. The number of nitrogen functional groups attached to an aromatic ring is 1. The van der Waals surface area contributed by atoms with Gasteiger partial charge in [0.05, 0.1) is 10.6 Å². The Bertz CT molecular complexity index is 427. The Balaban J connectivity index is 3.05. The normalized spacial score (nSPS) is 10.8. The molecule has 1 aromatic rings. The molecule has 1 rings (SSSR count). The molecular weight excluding hydrogens is 266 g/mol. The van der Waals surface area contributed by atoms with Gasteiger partial charge in [-0.2, -0.15) is 0 Å². The van der Waals surface area contributed by atoms with Gasteiger partial charge in [0, 0.05) is 20.6 Å². The van der Waals surface area contributed by atoms with E-state index in [0.717, 1.165) is 16.4 Å². The maximum atomic E-state index is 12.0. The van der Waals surface area contributed by atoms with Crippen LogP contribution in [0.4, 0.5) is 10.7 Å². The van der Waals surface area contributed by atoms with E-state index < -0.39 is 0 Å². The van der Waals surface area contributed by atoms with Gasteiger partial charge in [0.1, 0.15) is 9.88 Å². The van der Waals surface area contributed by atoms with Crippen LogP contribution in [0.25, 0.3) is 0 Å². The van der Waals surface area contributed by atoms with Gasteiger partial charge in [0.2, 0.25) is 0 Å². The molecule has 1 heterocycles. The number of nitrogens with one attached hydrogen (secondary N) is 1. The zero-order valence-corrected chi connectivity index (χ0v) is 13.2. The fourth-order valence-electron chi connectivity index (χ4n) is 1.41. The largest absolute Gasteiger partial charge is 0.396 e. The first-order valence-corrected chi connectivity index (χ1v) is 7.84. The van der Waals surface area contributed by atoms with E-state index in [0.29, 0.717) is 16.5 Å². The van der Waals surface area contributed by atoms with Crippen molar-refractivity contribution in [1.29, 1.82) is 0 Å². The summed E-state index contributed by atoms with van der Waals surface area (Å²) in [5.74, 6) is 0.515. The first kappa shape index (κ1) is 15.2. The minimum absolute atomic E-state index is 0.0367. The van der Waals surface area contributed by atoms with Crippen molar-refractivity contribution in [3.63, 3.8) is 0 Å². The summed E-state index contributed by atoms with van der Waals surface area (Å²) < 4.78 is 0. The quantitative estimate of drug-likeness (QED) is 0.818. The smallest absolute Gasteiger partial charge is 0.265 e. The lowest BCUT2D eigenvalue weighted by Gasteiger charge is -2.08. The monoisotopic (exact) mass is 287 g/mol. The average molecular weight is 287 g/mol. The minimum atomic E-state index is -0.0367. The van der Waals surface area contributed by atoms with Crippen molar-refractivity contribution in [2.45, 2.75) is 18.7 Å². The lowest BCUT2D eigenvalue weighted by molar-refractivity contribution is 0.0833. The second kappa shape index (κ2) is 6.33. The summed E-state index contributed by atoms with van der Waals surface area (Å²) in [4.78, 5) is 15.2. The molecule has 1 aromatic heterocycles. The van der Waals surface area contributed by atoms with Crippen LogP contribution >= 0.6 is 23.1 Å². The molecule has 18 heavy (non-hydrogen) atoms. The van der Waals surface area contributed by atoms with Gasteiger partial charge in [-0.25, -0.2) is 0 Å².